The summed E-state index contributed by atoms with van der Waals surface area (Å²) in [7, 11) is 0. The van der Waals surface area contributed by atoms with Crippen molar-refractivity contribution in [3.63, 3.8) is 0 Å². The Morgan fingerprint density at radius 2 is 2.13 bits per heavy atom. The van der Waals surface area contributed by atoms with Gasteiger partial charge in [-0.15, -0.1) is 6.58 Å². The van der Waals surface area contributed by atoms with Crippen molar-refractivity contribution in [1.29, 1.82) is 0 Å². The maximum atomic E-state index is 5.66. The molecule has 2 nitrogen and oxygen atoms in total. The van der Waals surface area contributed by atoms with Crippen LogP contribution in [-0.2, 0) is 4.74 Å². The first kappa shape index (κ1) is 12.7. The van der Waals surface area contributed by atoms with E-state index >= 15 is 0 Å². The third-order valence-electron chi connectivity index (χ3n) is 2.61. The number of nitrogens with one attached hydrogen (secondary N) is 1. The molecule has 0 saturated heterocycles. The zero-order chi connectivity index (χ0) is 11.3. The van der Waals surface area contributed by atoms with Gasteiger partial charge in [-0.25, -0.2) is 0 Å². The Morgan fingerprint density at radius 3 is 2.67 bits per heavy atom. The van der Waals surface area contributed by atoms with E-state index in [1.165, 1.54) is 18.4 Å². The van der Waals surface area contributed by atoms with Crippen LogP contribution in [0.15, 0.2) is 12.2 Å². The van der Waals surface area contributed by atoms with E-state index in [2.05, 4.69) is 25.7 Å². The lowest BCUT2D eigenvalue weighted by Crippen LogP contribution is -2.34. The Morgan fingerprint density at radius 1 is 1.47 bits per heavy atom. The number of ether oxygens (including phenoxy) is 1. The number of rotatable bonds is 8. The van der Waals surface area contributed by atoms with E-state index in [4.69, 9.17) is 4.74 Å². The molecule has 0 aromatic rings. The first-order valence-electron chi connectivity index (χ1n) is 5.95. The van der Waals surface area contributed by atoms with E-state index in [9.17, 15) is 0 Å². The summed E-state index contributed by atoms with van der Waals surface area (Å²) in [6, 6.07) is 0.791. The summed E-state index contributed by atoms with van der Waals surface area (Å²) in [5, 5.41) is 3.55. The molecule has 2 heteroatoms. The van der Waals surface area contributed by atoms with Crippen molar-refractivity contribution in [2.75, 3.05) is 19.8 Å². The smallest absolute Gasteiger partial charge is 0.0529 e. The monoisotopic (exact) mass is 211 g/mol. The molecule has 1 N–H and O–H groups in total. The Bertz CT molecular complexity index is 207. The molecule has 1 rings (SSSR count). The summed E-state index contributed by atoms with van der Waals surface area (Å²) in [5.41, 5.74) is 1.45. The van der Waals surface area contributed by atoms with E-state index in [1.807, 2.05) is 6.92 Å². The number of hydrogen-bond donors (Lipinski definition) is 1. The SMILES string of the molecule is C=C(C)CCOCC(C)(C)CNC1CC1. The molecule has 1 aliphatic rings. The van der Waals surface area contributed by atoms with Crippen molar-refractivity contribution in [3.05, 3.63) is 12.2 Å². The van der Waals surface area contributed by atoms with Gasteiger partial charge in [-0.1, -0.05) is 19.4 Å². The highest BCUT2D eigenvalue weighted by Crippen LogP contribution is 2.21. The van der Waals surface area contributed by atoms with Gasteiger partial charge < -0.3 is 10.1 Å². The van der Waals surface area contributed by atoms with Crippen LogP contribution < -0.4 is 5.32 Å². The first-order valence-corrected chi connectivity index (χ1v) is 5.95. The third kappa shape index (κ3) is 6.69. The normalized spacial score (nSPS) is 16.7. The summed E-state index contributed by atoms with van der Waals surface area (Å²) < 4.78 is 5.66. The van der Waals surface area contributed by atoms with E-state index in [1.54, 1.807) is 0 Å². The summed E-state index contributed by atoms with van der Waals surface area (Å²) in [5.74, 6) is 0. The molecule has 0 aromatic carbocycles. The third-order valence-corrected chi connectivity index (χ3v) is 2.61. The minimum atomic E-state index is 0.248. The molecule has 1 aliphatic carbocycles. The quantitative estimate of drug-likeness (QED) is 0.492. The summed E-state index contributed by atoms with van der Waals surface area (Å²) in [6.45, 7) is 13.1. The predicted octanol–water partition coefficient (Wildman–Crippen LogP) is 2.75. The van der Waals surface area contributed by atoms with Gasteiger partial charge in [-0.05, 0) is 26.2 Å². The fraction of sp³-hybridized carbons (Fsp3) is 0.846. The first-order chi connectivity index (χ1) is 6.99. The van der Waals surface area contributed by atoms with Crippen LogP contribution in [0.1, 0.15) is 40.0 Å². The van der Waals surface area contributed by atoms with Crippen LogP contribution >= 0.6 is 0 Å². The average Bonchev–Trinajstić information content (AvgIpc) is 2.93. The van der Waals surface area contributed by atoms with Crippen LogP contribution in [0.25, 0.3) is 0 Å². The Balaban J connectivity index is 2.02. The lowest BCUT2D eigenvalue weighted by atomic mass is 9.95. The van der Waals surface area contributed by atoms with Crippen molar-refractivity contribution in [1.82, 2.24) is 5.32 Å². The fourth-order valence-electron chi connectivity index (χ4n) is 1.35. The highest BCUT2D eigenvalue weighted by atomic mass is 16.5. The largest absolute Gasteiger partial charge is 0.381 e. The van der Waals surface area contributed by atoms with Crippen LogP contribution in [0.2, 0.25) is 0 Å². The summed E-state index contributed by atoms with van der Waals surface area (Å²) in [4.78, 5) is 0. The van der Waals surface area contributed by atoms with Gasteiger partial charge in [0.15, 0.2) is 0 Å². The van der Waals surface area contributed by atoms with Crippen molar-refractivity contribution in [2.45, 2.75) is 46.1 Å². The van der Waals surface area contributed by atoms with Gasteiger partial charge in [0.1, 0.15) is 0 Å². The second-order valence-corrected chi connectivity index (χ2v) is 5.58. The lowest BCUT2D eigenvalue weighted by molar-refractivity contribution is 0.0638. The number of hydrogen-bond acceptors (Lipinski definition) is 2. The summed E-state index contributed by atoms with van der Waals surface area (Å²) >= 11 is 0. The standard InChI is InChI=1S/C13H25NO/c1-11(2)7-8-15-10-13(3,4)9-14-12-5-6-12/h12,14H,1,5-10H2,2-4H3. The molecule has 0 heterocycles. The van der Waals surface area contributed by atoms with Gasteiger partial charge in [-0.2, -0.15) is 0 Å². The summed E-state index contributed by atoms with van der Waals surface area (Å²) in [6.07, 6.45) is 3.69. The maximum absolute atomic E-state index is 5.66. The zero-order valence-corrected chi connectivity index (χ0v) is 10.4. The minimum Gasteiger partial charge on any atom is -0.381 e. The molecule has 15 heavy (non-hydrogen) atoms. The molecule has 0 spiro atoms. The zero-order valence-electron chi connectivity index (χ0n) is 10.4. The van der Waals surface area contributed by atoms with E-state index in [-0.39, 0.29) is 5.41 Å². The van der Waals surface area contributed by atoms with Gasteiger partial charge in [0.2, 0.25) is 0 Å². The predicted molar refractivity (Wildman–Crippen MR) is 65.1 cm³/mol. The van der Waals surface area contributed by atoms with Crippen molar-refractivity contribution < 1.29 is 4.74 Å². The van der Waals surface area contributed by atoms with Crippen molar-refractivity contribution >= 4 is 0 Å². The van der Waals surface area contributed by atoms with Gasteiger partial charge in [0, 0.05) is 18.0 Å². The molecule has 0 radical (unpaired) electrons. The van der Waals surface area contributed by atoms with Gasteiger partial charge in [-0.3, -0.25) is 0 Å². The van der Waals surface area contributed by atoms with Gasteiger partial charge in [0.05, 0.1) is 13.2 Å². The van der Waals surface area contributed by atoms with Crippen LogP contribution in [0, 0.1) is 5.41 Å². The minimum absolute atomic E-state index is 0.248. The average molecular weight is 211 g/mol. The molecule has 1 fully saturated rings. The van der Waals surface area contributed by atoms with Crippen LogP contribution in [0.3, 0.4) is 0 Å². The Hall–Kier alpha value is -0.340. The fourth-order valence-corrected chi connectivity index (χ4v) is 1.35. The Labute approximate surface area is 94.1 Å². The molecule has 0 aliphatic heterocycles. The van der Waals surface area contributed by atoms with Crippen molar-refractivity contribution in [2.24, 2.45) is 5.41 Å². The van der Waals surface area contributed by atoms with Gasteiger partial charge in [0.25, 0.3) is 0 Å². The molecule has 88 valence electrons. The molecular formula is C13H25NO. The van der Waals surface area contributed by atoms with Crippen molar-refractivity contribution in [3.8, 4) is 0 Å². The highest BCUT2D eigenvalue weighted by Gasteiger charge is 2.25. The van der Waals surface area contributed by atoms with Crippen LogP contribution in [0.5, 0.6) is 0 Å². The van der Waals surface area contributed by atoms with E-state index in [0.29, 0.717) is 0 Å². The molecule has 0 amide bonds. The van der Waals surface area contributed by atoms with Crippen LogP contribution in [0.4, 0.5) is 0 Å². The molecule has 0 atom stereocenters. The Kier molecular flexibility index (Phi) is 4.81. The lowest BCUT2D eigenvalue weighted by Gasteiger charge is -2.25. The maximum Gasteiger partial charge on any atom is 0.0529 e. The van der Waals surface area contributed by atoms with Gasteiger partial charge >= 0.3 is 0 Å². The topological polar surface area (TPSA) is 21.3 Å². The second-order valence-electron chi connectivity index (χ2n) is 5.58. The van der Waals surface area contributed by atoms with E-state index < -0.39 is 0 Å². The molecule has 0 unspecified atom stereocenters. The second kappa shape index (κ2) is 5.66. The molecular weight excluding hydrogens is 186 g/mol. The molecule has 0 bridgehead atoms. The van der Waals surface area contributed by atoms with Crippen LogP contribution in [-0.4, -0.2) is 25.8 Å². The highest BCUT2D eigenvalue weighted by molar-refractivity contribution is 4.87. The molecule has 1 saturated carbocycles. The molecule has 0 aromatic heterocycles. The van der Waals surface area contributed by atoms with E-state index in [0.717, 1.165) is 32.2 Å².